The minimum absolute atomic E-state index is 0.0413. The molecule has 5 heteroatoms. The van der Waals surface area contributed by atoms with Crippen LogP contribution in [0.15, 0.2) is 11.6 Å². The van der Waals surface area contributed by atoms with Crippen LogP contribution in [-0.2, 0) is 9.53 Å². The topological polar surface area (TPSA) is 78.8 Å². The van der Waals surface area contributed by atoms with Crippen LogP contribution in [-0.4, -0.2) is 46.6 Å². The summed E-state index contributed by atoms with van der Waals surface area (Å²) in [5.74, 6) is -0.114. The summed E-state index contributed by atoms with van der Waals surface area (Å²) in [6.45, 7) is 4.19. The lowest BCUT2D eigenvalue weighted by molar-refractivity contribution is -0.139. The Morgan fingerprint density at radius 2 is 1.10 bits per heavy atom. The number of ether oxygens (including phenoxy) is 1. The second-order valence-electron chi connectivity index (χ2n) is 12.9. The number of cyclic esters (lactones) is 1. The number of aliphatic hydroxyl groups excluding tert-OH is 2. The van der Waals surface area contributed by atoms with Crippen LogP contribution in [0.25, 0.3) is 0 Å². The zero-order chi connectivity index (χ0) is 28.8. The lowest BCUT2D eigenvalue weighted by Gasteiger charge is -2.23. The van der Waals surface area contributed by atoms with Gasteiger partial charge in [0.05, 0.1) is 12.2 Å². The molecule has 2 aliphatic rings. The monoisotopic (exact) mass is 563 g/mol. The van der Waals surface area contributed by atoms with Crippen molar-refractivity contribution in [2.75, 3.05) is 0 Å². The largest absolute Gasteiger partial charge is 0.455 e. The fraction of sp³-hybridized carbons (Fsp3) is 0.914. The number of rotatable bonds is 26. The number of nitrogens with one attached hydrogen (secondary N) is 1. The molecule has 0 bridgehead atoms. The van der Waals surface area contributed by atoms with Gasteiger partial charge in [-0.2, -0.15) is 0 Å². The summed E-state index contributed by atoms with van der Waals surface area (Å²) in [4.78, 5) is 11.6. The average molecular weight is 564 g/mol. The van der Waals surface area contributed by atoms with E-state index >= 15 is 0 Å². The van der Waals surface area contributed by atoms with Crippen molar-refractivity contribution >= 4 is 5.97 Å². The zero-order valence-electron chi connectivity index (χ0n) is 26.4. The van der Waals surface area contributed by atoms with Gasteiger partial charge < -0.3 is 20.3 Å². The smallest absolute Gasteiger partial charge is 0.334 e. The Bertz CT molecular complexity index is 666. The second kappa shape index (κ2) is 22.7. The SMILES string of the molecule is CCCCCCCCCCCC[C@H](O)[C@H]1CC[C@H]([C@@H](O)CCCCCCCCCCCCC2=C[C@H](C)OC2=O)N1. The van der Waals surface area contributed by atoms with Gasteiger partial charge in [-0.1, -0.05) is 129 Å². The maximum Gasteiger partial charge on any atom is 0.334 e. The molecule has 40 heavy (non-hydrogen) atoms. The summed E-state index contributed by atoms with van der Waals surface area (Å²) in [6, 6.07) is 0.324. The number of hydrogen-bond donors (Lipinski definition) is 3. The summed E-state index contributed by atoms with van der Waals surface area (Å²) in [5.41, 5.74) is 0.873. The first-order chi connectivity index (χ1) is 19.5. The molecule has 0 spiro atoms. The molecule has 0 saturated carbocycles. The van der Waals surface area contributed by atoms with Gasteiger partial charge in [0.25, 0.3) is 0 Å². The van der Waals surface area contributed by atoms with E-state index in [1.807, 2.05) is 13.0 Å². The van der Waals surface area contributed by atoms with Crippen LogP contribution in [0.5, 0.6) is 0 Å². The third-order valence-corrected chi connectivity index (χ3v) is 9.19. The predicted molar refractivity (Wildman–Crippen MR) is 167 cm³/mol. The van der Waals surface area contributed by atoms with Gasteiger partial charge in [0.2, 0.25) is 0 Å². The van der Waals surface area contributed by atoms with E-state index in [1.54, 1.807) is 0 Å². The Hall–Kier alpha value is -0.910. The number of carbonyl (C=O) groups excluding carboxylic acids is 1. The molecule has 0 aromatic carbocycles. The second-order valence-corrected chi connectivity index (χ2v) is 12.9. The molecule has 0 aliphatic carbocycles. The first kappa shape index (κ1) is 35.3. The van der Waals surface area contributed by atoms with Gasteiger partial charge in [0, 0.05) is 17.7 Å². The van der Waals surface area contributed by atoms with E-state index < -0.39 is 0 Å². The van der Waals surface area contributed by atoms with Crippen LogP contribution in [0.3, 0.4) is 0 Å². The molecule has 0 aromatic rings. The highest BCUT2D eigenvalue weighted by Gasteiger charge is 2.32. The van der Waals surface area contributed by atoms with Crippen molar-refractivity contribution in [2.45, 2.75) is 205 Å². The van der Waals surface area contributed by atoms with Crippen LogP contribution >= 0.6 is 0 Å². The molecule has 2 heterocycles. The molecular weight excluding hydrogens is 498 g/mol. The van der Waals surface area contributed by atoms with Crippen LogP contribution in [0.4, 0.5) is 0 Å². The minimum Gasteiger partial charge on any atom is -0.455 e. The van der Waals surface area contributed by atoms with Gasteiger partial charge >= 0.3 is 5.97 Å². The fourth-order valence-corrected chi connectivity index (χ4v) is 6.55. The zero-order valence-corrected chi connectivity index (χ0v) is 26.4. The van der Waals surface area contributed by atoms with Crippen LogP contribution in [0.2, 0.25) is 0 Å². The van der Waals surface area contributed by atoms with Crippen molar-refractivity contribution < 1.29 is 19.7 Å². The van der Waals surface area contributed by atoms with Crippen molar-refractivity contribution in [3.05, 3.63) is 11.6 Å². The highest BCUT2D eigenvalue weighted by atomic mass is 16.5. The molecule has 0 aromatic heterocycles. The van der Waals surface area contributed by atoms with E-state index in [0.29, 0.717) is 0 Å². The summed E-state index contributed by atoms with van der Waals surface area (Å²) in [6.07, 6.45) is 31.6. The fourth-order valence-electron chi connectivity index (χ4n) is 6.55. The molecule has 234 valence electrons. The molecule has 2 rings (SSSR count). The lowest BCUT2D eigenvalue weighted by Crippen LogP contribution is -2.43. The molecular formula is C35H65NO4. The number of esters is 1. The van der Waals surface area contributed by atoms with Gasteiger partial charge in [0.1, 0.15) is 6.10 Å². The maximum absolute atomic E-state index is 11.6. The van der Waals surface area contributed by atoms with Gasteiger partial charge in [-0.15, -0.1) is 0 Å². The molecule has 0 unspecified atom stereocenters. The molecule has 2 aliphatic heterocycles. The van der Waals surface area contributed by atoms with E-state index in [0.717, 1.165) is 56.9 Å². The quantitative estimate of drug-likeness (QED) is 0.0724. The van der Waals surface area contributed by atoms with Gasteiger partial charge in [-0.25, -0.2) is 4.79 Å². The van der Waals surface area contributed by atoms with E-state index in [2.05, 4.69) is 12.2 Å². The Morgan fingerprint density at radius 3 is 1.50 bits per heavy atom. The predicted octanol–water partition coefficient (Wildman–Crippen LogP) is 8.69. The molecule has 1 fully saturated rings. The van der Waals surface area contributed by atoms with E-state index in [-0.39, 0.29) is 36.4 Å². The molecule has 1 saturated heterocycles. The molecule has 5 atom stereocenters. The maximum atomic E-state index is 11.6. The van der Waals surface area contributed by atoms with Crippen LogP contribution < -0.4 is 5.32 Å². The molecule has 5 nitrogen and oxygen atoms in total. The highest BCUT2D eigenvalue weighted by molar-refractivity contribution is 5.90. The van der Waals surface area contributed by atoms with E-state index in [9.17, 15) is 15.0 Å². The van der Waals surface area contributed by atoms with Crippen molar-refractivity contribution in [2.24, 2.45) is 0 Å². The summed E-state index contributed by atoms with van der Waals surface area (Å²) in [7, 11) is 0. The van der Waals surface area contributed by atoms with E-state index in [4.69, 9.17) is 4.74 Å². The number of unbranched alkanes of at least 4 members (excludes halogenated alkanes) is 18. The molecule has 0 amide bonds. The Labute approximate surface area is 247 Å². The van der Waals surface area contributed by atoms with Gasteiger partial charge in [-0.05, 0) is 51.5 Å². The third-order valence-electron chi connectivity index (χ3n) is 9.19. The standard InChI is InChI=1S/C35H65NO4/c1-3-4-5-6-7-8-12-15-18-21-24-33(37)31-26-27-32(36-31)34(38)25-22-19-16-13-10-9-11-14-17-20-23-30-28-29(2)40-35(30)39/h28-29,31-34,36-38H,3-27H2,1-2H3/t29-,31+,32+,33-,34-/m0/s1. The lowest BCUT2D eigenvalue weighted by atomic mass is 10.00. The van der Waals surface area contributed by atoms with Crippen molar-refractivity contribution in [1.82, 2.24) is 5.32 Å². The summed E-state index contributed by atoms with van der Waals surface area (Å²) >= 11 is 0. The molecule has 3 N–H and O–H groups in total. The molecule has 0 radical (unpaired) electrons. The highest BCUT2D eigenvalue weighted by Crippen LogP contribution is 2.24. The number of hydrogen-bond acceptors (Lipinski definition) is 5. The van der Waals surface area contributed by atoms with Crippen LogP contribution in [0, 0.1) is 0 Å². The first-order valence-electron chi connectivity index (χ1n) is 17.5. The summed E-state index contributed by atoms with van der Waals surface area (Å²) in [5, 5.41) is 24.9. The Morgan fingerprint density at radius 1 is 0.700 bits per heavy atom. The van der Waals surface area contributed by atoms with Crippen molar-refractivity contribution in [1.29, 1.82) is 0 Å². The average Bonchev–Trinajstić information content (AvgIpc) is 3.56. The van der Waals surface area contributed by atoms with E-state index in [1.165, 1.54) is 109 Å². The number of carbonyl (C=O) groups is 1. The number of aliphatic hydroxyl groups is 2. The van der Waals surface area contributed by atoms with Crippen LogP contribution in [0.1, 0.15) is 174 Å². The normalized spacial score (nSPS) is 22.4. The van der Waals surface area contributed by atoms with Gasteiger partial charge in [-0.3, -0.25) is 0 Å². The third kappa shape index (κ3) is 15.9. The van der Waals surface area contributed by atoms with Crippen molar-refractivity contribution in [3.8, 4) is 0 Å². The van der Waals surface area contributed by atoms with Gasteiger partial charge in [0.15, 0.2) is 0 Å². The van der Waals surface area contributed by atoms with Crippen molar-refractivity contribution in [3.63, 3.8) is 0 Å². The summed E-state index contributed by atoms with van der Waals surface area (Å²) < 4.78 is 5.15. The first-order valence-corrected chi connectivity index (χ1v) is 17.5. The Kier molecular flexibility index (Phi) is 20.0. The Balaban J connectivity index is 1.35. The minimum atomic E-state index is -0.278.